The van der Waals surface area contributed by atoms with Gasteiger partial charge < -0.3 is 20.5 Å². The largest absolute Gasteiger partial charge is 0.497 e. The third kappa shape index (κ3) is 6.42. The lowest BCUT2D eigenvalue weighted by molar-refractivity contribution is -0.139. The van der Waals surface area contributed by atoms with E-state index in [0.717, 1.165) is 18.4 Å². The number of amides is 1. The van der Waals surface area contributed by atoms with Crippen LogP contribution in [0.3, 0.4) is 0 Å². The molecule has 1 atom stereocenters. The number of aliphatic carboxylic acids is 1. The van der Waals surface area contributed by atoms with Crippen LogP contribution in [0.2, 0.25) is 0 Å². The van der Waals surface area contributed by atoms with Crippen LogP contribution >= 0.6 is 0 Å². The summed E-state index contributed by atoms with van der Waals surface area (Å²) < 4.78 is 5.09. The molecule has 0 aromatic heterocycles. The Morgan fingerprint density at radius 3 is 2.52 bits per heavy atom. The van der Waals surface area contributed by atoms with Crippen molar-refractivity contribution in [1.82, 2.24) is 5.32 Å². The van der Waals surface area contributed by atoms with Crippen LogP contribution in [0.5, 0.6) is 5.75 Å². The Morgan fingerprint density at radius 2 is 1.89 bits per heavy atom. The Bertz CT molecular complexity index is 759. The van der Waals surface area contributed by atoms with E-state index in [4.69, 9.17) is 4.74 Å². The number of rotatable bonds is 10. The number of benzene rings is 2. The van der Waals surface area contributed by atoms with Gasteiger partial charge in [-0.3, -0.25) is 9.59 Å². The van der Waals surface area contributed by atoms with Gasteiger partial charge in [-0.25, -0.2) is 0 Å². The van der Waals surface area contributed by atoms with E-state index in [1.54, 1.807) is 37.4 Å². The quantitative estimate of drug-likeness (QED) is 0.594. The summed E-state index contributed by atoms with van der Waals surface area (Å²) in [7, 11) is 1.58. The number of carbonyl (C=O) groups is 2. The molecule has 0 fully saturated rings. The molecule has 0 aliphatic carbocycles. The summed E-state index contributed by atoms with van der Waals surface area (Å²) >= 11 is 0. The summed E-state index contributed by atoms with van der Waals surface area (Å²) in [6.07, 6.45) is 2.42. The lowest BCUT2D eigenvalue weighted by Crippen LogP contribution is -2.36. The van der Waals surface area contributed by atoms with Crippen molar-refractivity contribution in [3.63, 3.8) is 0 Å². The number of nitrogens with one attached hydrogen (secondary N) is 2. The molecule has 0 aliphatic heterocycles. The molecular weight excluding hydrogens is 344 g/mol. The van der Waals surface area contributed by atoms with Gasteiger partial charge in [0, 0.05) is 17.8 Å². The molecule has 0 aliphatic rings. The fourth-order valence-corrected chi connectivity index (χ4v) is 2.67. The summed E-state index contributed by atoms with van der Waals surface area (Å²) in [5.41, 5.74) is 2.10. The van der Waals surface area contributed by atoms with Crippen molar-refractivity contribution in [2.45, 2.75) is 38.8 Å². The number of methoxy groups -OCH3 is 1. The Balaban J connectivity index is 1.97. The highest BCUT2D eigenvalue weighted by atomic mass is 16.5. The van der Waals surface area contributed by atoms with Crippen molar-refractivity contribution >= 4 is 17.6 Å². The summed E-state index contributed by atoms with van der Waals surface area (Å²) in [4.78, 5) is 23.7. The molecule has 0 unspecified atom stereocenters. The van der Waals surface area contributed by atoms with Crippen LogP contribution in [-0.2, 0) is 11.3 Å². The minimum absolute atomic E-state index is 0.214. The van der Waals surface area contributed by atoms with E-state index in [2.05, 4.69) is 10.6 Å². The van der Waals surface area contributed by atoms with Gasteiger partial charge in [0.15, 0.2) is 0 Å². The second-order valence-electron chi connectivity index (χ2n) is 6.30. The molecule has 1 amide bonds. The number of ether oxygens (including phenoxy) is 1. The molecule has 0 heterocycles. The van der Waals surface area contributed by atoms with Crippen molar-refractivity contribution in [1.29, 1.82) is 0 Å². The van der Waals surface area contributed by atoms with Gasteiger partial charge >= 0.3 is 5.97 Å². The number of carboxylic acids is 1. The predicted molar refractivity (Wildman–Crippen MR) is 105 cm³/mol. The predicted octanol–water partition coefficient (Wildman–Crippen LogP) is 3.68. The molecule has 0 spiro atoms. The second kappa shape index (κ2) is 10.3. The smallest absolute Gasteiger partial charge is 0.320 e. The molecule has 0 saturated heterocycles. The fourth-order valence-electron chi connectivity index (χ4n) is 2.67. The summed E-state index contributed by atoms with van der Waals surface area (Å²) in [5, 5.41) is 15.2. The molecule has 0 radical (unpaired) electrons. The Hall–Kier alpha value is -2.86. The van der Waals surface area contributed by atoms with Gasteiger partial charge in [0.25, 0.3) is 5.91 Å². The van der Waals surface area contributed by atoms with E-state index >= 15 is 0 Å². The first-order chi connectivity index (χ1) is 13.0. The molecule has 2 rings (SSSR count). The van der Waals surface area contributed by atoms with Gasteiger partial charge in [0.1, 0.15) is 11.8 Å². The molecule has 27 heavy (non-hydrogen) atoms. The molecule has 3 N–H and O–H groups in total. The van der Waals surface area contributed by atoms with Crippen LogP contribution < -0.4 is 15.4 Å². The van der Waals surface area contributed by atoms with E-state index < -0.39 is 12.0 Å². The number of hydrogen-bond donors (Lipinski definition) is 3. The van der Waals surface area contributed by atoms with Crippen molar-refractivity contribution in [3.8, 4) is 5.75 Å². The number of unbranched alkanes of at least 4 members (excludes halogenated alkanes) is 1. The zero-order chi connectivity index (χ0) is 19.6. The van der Waals surface area contributed by atoms with E-state index in [9.17, 15) is 14.7 Å². The number of anilines is 1. The number of carbonyl (C=O) groups excluding carboxylic acids is 1. The first kappa shape index (κ1) is 20.5. The first-order valence-corrected chi connectivity index (χ1v) is 9.04. The van der Waals surface area contributed by atoms with Crippen molar-refractivity contribution in [2.24, 2.45) is 0 Å². The fraction of sp³-hybridized carbons (Fsp3) is 0.333. The molecule has 2 aromatic carbocycles. The summed E-state index contributed by atoms with van der Waals surface area (Å²) in [6, 6.07) is 13.7. The first-order valence-electron chi connectivity index (χ1n) is 9.04. The van der Waals surface area contributed by atoms with Gasteiger partial charge in [-0.2, -0.15) is 0 Å². The van der Waals surface area contributed by atoms with Gasteiger partial charge in [0.05, 0.1) is 7.11 Å². The van der Waals surface area contributed by atoms with E-state index in [1.807, 2.05) is 25.1 Å². The number of carboxylic acid groups (broad SMARTS) is 1. The Kier molecular flexibility index (Phi) is 7.82. The van der Waals surface area contributed by atoms with Crippen LogP contribution in [0.25, 0.3) is 0 Å². The second-order valence-corrected chi connectivity index (χ2v) is 6.30. The van der Waals surface area contributed by atoms with Gasteiger partial charge in [-0.05, 0) is 48.4 Å². The minimum atomic E-state index is -0.840. The van der Waals surface area contributed by atoms with Crippen LogP contribution in [0.15, 0.2) is 48.5 Å². The average molecular weight is 370 g/mol. The topological polar surface area (TPSA) is 87.7 Å². The van der Waals surface area contributed by atoms with Crippen LogP contribution in [-0.4, -0.2) is 30.1 Å². The van der Waals surface area contributed by atoms with Crippen LogP contribution in [0, 0.1) is 0 Å². The van der Waals surface area contributed by atoms with E-state index in [1.165, 1.54) is 0 Å². The minimum Gasteiger partial charge on any atom is -0.497 e. The standard InChI is InChI=1S/C21H26N2O4/c1-3-4-8-19(21(25)26)22-14-15-6-5-7-17(13-15)23-20(24)16-9-11-18(27-2)12-10-16/h5-7,9-13,19,22H,3-4,8,14H2,1-2H3,(H,23,24)(H,25,26)/t19-/m0/s1. The maximum atomic E-state index is 12.4. The van der Waals surface area contributed by atoms with E-state index in [0.29, 0.717) is 30.0 Å². The molecule has 144 valence electrons. The zero-order valence-corrected chi connectivity index (χ0v) is 15.7. The highest BCUT2D eigenvalue weighted by Crippen LogP contribution is 2.15. The van der Waals surface area contributed by atoms with Crippen LogP contribution in [0.4, 0.5) is 5.69 Å². The molecule has 2 aromatic rings. The Labute approximate surface area is 159 Å². The van der Waals surface area contributed by atoms with Crippen molar-refractivity contribution in [2.75, 3.05) is 12.4 Å². The van der Waals surface area contributed by atoms with E-state index in [-0.39, 0.29) is 5.91 Å². The lowest BCUT2D eigenvalue weighted by atomic mass is 10.1. The monoisotopic (exact) mass is 370 g/mol. The highest BCUT2D eigenvalue weighted by molar-refractivity contribution is 6.04. The van der Waals surface area contributed by atoms with Crippen molar-refractivity contribution < 1.29 is 19.4 Å². The molecule has 6 heteroatoms. The third-order valence-electron chi connectivity index (χ3n) is 4.23. The lowest BCUT2D eigenvalue weighted by Gasteiger charge is -2.14. The highest BCUT2D eigenvalue weighted by Gasteiger charge is 2.15. The average Bonchev–Trinajstić information content (AvgIpc) is 2.68. The Morgan fingerprint density at radius 1 is 1.15 bits per heavy atom. The molecule has 0 saturated carbocycles. The van der Waals surface area contributed by atoms with Crippen molar-refractivity contribution in [3.05, 3.63) is 59.7 Å². The summed E-state index contributed by atoms with van der Waals surface area (Å²) in [6.45, 7) is 2.46. The van der Waals surface area contributed by atoms with Gasteiger partial charge in [-0.1, -0.05) is 31.9 Å². The van der Waals surface area contributed by atoms with Gasteiger partial charge in [0.2, 0.25) is 0 Å². The zero-order valence-electron chi connectivity index (χ0n) is 15.7. The molecular formula is C21H26N2O4. The number of hydrogen-bond acceptors (Lipinski definition) is 4. The molecule has 6 nitrogen and oxygen atoms in total. The maximum Gasteiger partial charge on any atom is 0.320 e. The summed E-state index contributed by atoms with van der Waals surface area (Å²) in [5.74, 6) is -0.364. The van der Waals surface area contributed by atoms with Gasteiger partial charge in [-0.15, -0.1) is 0 Å². The molecule has 0 bridgehead atoms. The maximum absolute atomic E-state index is 12.4. The normalized spacial score (nSPS) is 11.6. The third-order valence-corrected chi connectivity index (χ3v) is 4.23. The van der Waals surface area contributed by atoms with Crippen LogP contribution in [0.1, 0.15) is 42.1 Å². The SMILES string of the molecule is CCCC[C@H](NCc1cccc(NC(=O)c2ccc(OC)cc2)c1)C(=O)O.